The topological polar surface area (TPSA) is 162 Å². The van der Waals surface area contributed by atoms with E-state index in [9.17, 15) is 28.1 Å². The van der Waals surface area contributed by atoms with Crippen LogP contribution in [0.5, 0.6) is 0 Å². The molecule has 0 fully saturated rings. The lowest BCUT2D eigenvalue weighted by Gasteiger charge is -2.16. The van der Waals surface area contributed by atoms with Crippen LogP contribution in [0.2, 0.25) is 0 Å². The number of carbonyl (C=O) groups is 2. The zero-order valence-corrected chi connectivity index (χ0v) is 17.0. The molecule has 0 spiro atoms. The van der Waals surface area contributed by atoms with Crippen LogP contribution in [0.15, 0.2) is 53.4 Å². The SMILES string of the molecule is CN(C)c1ccc(S(=O)(=O)NCC(=O)OC(C(N)=O)c2ccccc2)cc1[N+](=O)[O-]. The van der Waals surface area contributed by atoms with Gasteiger partial charge < -0.3 is 15.4 Å². The van der Waals surface area contributed by atoms with Gasteiger partial charge in [0.2, 0.25) is 16.1 Å². The summed E-state index contributed by atoms with van der Waals surface area (Å²) in [6.45, 7) is -0.803. The van der Waals surface area contributed by atoms with Crippen LogP contribution < -0.4 is 15.4 Å². The van der Waals surface area contributed by atoms with Gasteiger partial charge in [-0.3, -0.25) is 19.7 Å². The van der Waals surface area contributed by atoms with E-state index in [1.165, 1.54) is 29.2 Å². The molecule has 1 atom stereocenters. The summed E-state index contributed by atoms with van der Waals surface area (Å²) in [5, 5.41) is 11.2. The van der Waals surface area contributed by atoms with E-state index in [1.807, 2.05) is 4.72 Å². The third-order valence-electron chi connectivity index (χ3n) is 3.95. The third-order valence-corrected chi connectivity index (χ3v) is 5.35. The number of benzene rings is 2. The van der Waals surface area contributed by atoms with Crippen molar-refractivity contribution in [2.24, 2.45) is 5.73 Å². The summed E-state index contributed by atoms with van der Waals surface area (Å²) in [6.07, 6.45) is -1.39. The second-order valence-corrected chi connectivity index (χ2v) is 8.08. The van der Waals surface area contributed by atoms with E-state index in [0.29, 0.717) is 5.56 Å². The number of esters is 1. The molecule has 0 aliphatic carbocycles. The zero-order chi connectivity index (χ0) is 22.5. The van der Waals surface area contributed by atoms with Crippen molar-refractivity contribution < 1.29 is 27.7 Å². The van der Waals surface area contributed by atoms with Gasteiger partial charge in [0.05, 0.1) is 9.82 Å². The maximum absolute atomic E-state index is 12.4. The van der Waals surface area contributed by atoms with E-state index in [1.54, 1.807) is 32.3 Å². The summed E-state index contributed by atoms with van der Waals surface area (Å²) in [5.41, 5.74) is 5.38. The Hall–Kier alpha value is -3.51. The average molecular weight is 436 g/mol. The summed E-state index contributed by atoms with van der Waals surface area (Å²) in [7, 11) is -1.11. The van der Waals surface area contributed by atoms with Crippen molar-refractivity contribution >= 4 is 33.3 Å². The number of nitrogens with one attached hydrogen (secondary N) is 1. The fraction of sp³-hybridized carbons (Fsp3) is 0.222. The standard InChI is InChI=1S/C18H20N4O7S/c1-21(2)14-9-8-13(10-15(14)22(25)26)30(27,28)20-11-16(23)29-17(18(19)24)12-6-4-3-5-7-12/h3-10,17,20H,11H2,1-2H3,(H2,19,24). The second kappa shape index (κ2) is 9.33. The molecule has 0 aromatic heterocycles. The first kappa shape index (κ1) is 22.8. The Kier molecular flexibility index (Phi) is 7.08. The molecule has 12 heteroatoms. The molecule has 3 N–H and O–H groups in total. The number of nitrogens with zero attached hydrogens (tertiary/aromatic N) is 2. The van der Waals surface area contributed by atoms with Crippen LogP contribution in [-0.4, -0.2) is 45.9 Å². The lowest BCUT2D eigenvalue weighted by molar-refractivity contribution is -0.384. The predicted octanol–water partition coefficient (Wildman–Crippen LogP) is 0.709. The van der Waals surface area contributed by atoms with Crippen molar-refractivity contribution in [2.45, 2.75) is 11.0 Å². The molecule has 1 unspecified atom stereocenters. The summed E-state index contributed by atoms with van der Waals surface area (Å²) in [4.78, 5) is 35.2. The minimum absolute atomic E-state index is 0.213. The van der Waals surface area contributed by atoms with Gasteiger partial charge in [0, 0.05) is 25.7 Å². The number of rotatable bonds is 9. The molecule has 2 rings (SSSR count). The van der Waals surface area contributed by atoms with Crippen LogP contribution in [0.1, 0.15) is 11.7 Å². The van der Waals surface area contributed by atoms with Crippen LogP contribution >= 0.6 is 0 Å². The Morgan fingerprint density at radius 1 is 1.20 bits per heavy atom. The summed E-state index contributed by atoms with van der Waals surface area (Å²) >= 11 is 0. The fourth-order valence-corrected chi connectivity index (χ4v) is 3.51. The Balaban J connectivity index is 2.14. The van der Waals surface area contributed by atoms with E-state index in [2.05, 4.69) is 0 Å². The van der Waals surface area contributed by atoms with Crippen molar-refractivity contribution in [3.05, 3.63) is 64.2 Å². The Bertz CT molecular complexity index is 1060. The first-order valence-electron chi connectivity index (χ1n) is 8.52. The molecule has 0 bridgehead atoms. The first-order valence-corrected chi connectivity index (χ1v) is 10.0. The molecule has 11 nitrogen and oxygen atoms in total. The summed E-state index contributed by atoms with van der Waals surface area (Å²) < 4.78 is 31.9. The maximum Gasteiger partial charge on any atom is 0.322 e. The molecule has 0 radical (unpaired) electrons. The van der Waals surface area contributed by atoms with Crippen LogP contribution in [0.25, 0.3) is 0 Å². The van der Waals surface area contributed by atoms with Crippen molar-refractivity contribution in [1.82, 2.24) is 4.72 Å². The Morgan fingerprint density at radius 2 is 1.83 bits per heavy atom. The lowest BCUT2D eigenvalue weighted by Crippen LogP contribution is -2.34. The molecule has 0 heterocycles. The van der Waals surface area contributed by atoms with Gasteiger partial charge in [-0.2, -0.15) is 4.72 Å². The number of hydrogen-bond acceptors (Lipinski definition) is 8. The van der Waals surface area contributed by atoms with E-state index < -0.39 is 50.1 Å². The Morgan fingerprint density at radius 3 is 2.37 bits per heavy atom. The predicted molar refractivity (Wildman–Crippen MR) is 107 cm³/mol. The minimum Gasteiger partial charge on any atom is -0.446 e. The summed E-state index contributed by atoms with van der Waals surface area (Å²) in [5.74, 6) is -1.97. The molecule has 30 heavy (non-hydrogen) atoms. The number of nitro groups is 1. The van der Waals surface area contributed by atoms with E-state index in [-0.39, 0.29) is 5.69 Å². The number of ether oxygens (including phenoxy) is 1. The second-order valence-electron chi connectivity index (χ2n) is 6.31. The fourth-order valence-electron chi connectivity index (χ4n) is 2.52. The normalized spacial score (nSPS) is 12.1. The van der Waals surface area contributed by atoms with Crippen molar-refractivity contribution in [2.75, 3.05) is 25.5 Å². The van der Waals surface area contributed by atoms with Gasteiger partial charge in [0.25, 0.3) is 11.6 Å². The number of nitro benzene ring substituents is 1. The highest BCUT2D eigenvalue weighted by atomic mass is 32.2. The van der Waals surface area contributed by atoms with Crippen LogP contribution in [-0.2, 0) is 24.3 Å². The number of nitrogens with two attached hydrogens (primary N) is 1. The van der Waals surface area contributed by atoms with E-state index in [4.69, 9.17) is 10.5 Å². The molecule has 160 valence electrons. The smallest absolute Gasteiger partial charge is 0.322 e. The number of carbonyl (C=O) groups excluding carboxylic acids is 2. The van der Waals surface area contributed by atoms with Crippen LogP contribution in [0.4, 0.5) is 11.4 Å². The molecule has 0 saturated carbocycles. The highest BCUT2D eigenvalue weighted by Crippen LogP contribution is 2.29. The average Bonchev–Trinajstić information content (AvgIpc) is 2.70. The molecular weight excluding hydrogens is 416 g/mol. The largest absolute Gasteiger partial charge is 0.446 e. The van der Waals surface area contributed by atoms with Gasteiger partial charge in [0.15, 0.2) is 0 Å². The first-order chi connectivity index (χ1) is 14.0. The van der Waals surface area contributed by atoms with E-state index in [0.717, 1.165) is 6.07 Å². The molecule has 0 saturated heterocycles. The monoisotopic (exact) mass is 436 g/mol. The van der Waals surface area contributed by atoms with Crippen LogP contribution in [0, 0.1) is 10.1 Å². The lowest BCUT2D eigenvalue weighted by atomic mass is 10.1. The van der Waals surface area contributed by atoms with E-state index >= 15 is 0 Å². The minimum atomic E-state index is -4.26. The number of anilines is 1. The van der Waals surface area contributed by atoms with Gasteiger partial charge in [-0.15, -0.1) is 0 Å². The highest BCUT2D eigenvalue weighted by molar-refractivity contribution is 7.89. The number of hydrogen-bond donors (Lipinski definition) is 2. The van der Waals surface area contributed by atoms with Gasteiger partial charge in [0.1, 0.15) is 12.2 Å². The number of primary amides is 1. The van der Waals surface area contributed by atoms with Crippen molar-refractivity contribution in [1.29, 1.82) is 0 Å². The molecule has 2 aromatic carbocycles. The molecular formula is C18H20N4O7S. The number of sulfonamides is 1. The van der Waals surface area contributed by atoms with Gasteiger partial charge >= 0.3 is 5.97 Å². The molecule has 1 amide bonds. The zero-order valence-electron chi connectivity index (χ0n) is 16.1. The van der Waals surface area contributed by atoms with Gasteiger partial charge in [-0.1, -0.05) is 30.3 Å². The highest BCUT2D eigenvalue weighted by Gasteiger charge is 2.25. The molecule has 0 aliphatic heterocycles. The van der Waals surface area contributed by atoms with Gasteiger partial charge in [-0.05, 0) is 12.1 Å². The quantitative estimate of drug-likeness (QED) is 0.330. The van der Waals surface area contributed by atoms with Crippen molar-refractivity contribution in [3.63, 3.8) is 0 Å². The summed E-state index contributed by atoms with van der Waals surface area (Å²) in [6, 6.07) is 11.3. The van der Waals surface area contributed by atoms with Crippen molar-refractivity contribution in [3.8, 4) is 0 Å². The van der Waals surface area contributed by atoms with Crippen LogP contribution in [0.3, 0.4) is 0 Å². The third kappa shape index (κ3) is 5.52. The van der Waals surface area contributed by atoms with Gasteiger partial charge in [-0.25, -0.2) is 8.42 Å². The molecule has 2 aromatic rings. The maximum atomic E-state index is 12.4. The molecule has 0 aliphatic rings. The number of amides is 1. The Labute approximate surface area is 172 Å².